The first kappa shape index (κ1) is 12.0. The Hall–Kier alpha value is -1.09. The Morgan fingerprint density at radius 1 is 1.13 bits per heavy atom. The van der Waals surface area contributed by atoms with Crippen LogP contribution in [0.4, 0.5) is 4.39 Å². The van der Waals surface area contributed by atoms with Crippen LogP contribution in [0.3, 0.4) is 0 Å². The first-order valence-electron chi connectivity index (χ1n) is 5.01. The third-order valence-electron chi connectivity index (χ3n) is 1.76. The van der Waals surface area contributed by atoms with Gasteiger partial charge in [0.15, 0.2) is 0 Å². The van der Waals surface area contributed by atoms with Gasteiger partial charge in [-0.25, -0.2) is 4.39 Å². The lowest BCUT2D eigenvalue weighted by Crippen LogP contribution is -2.24. The lowest BCUT2D eigenvalue weighted by atomic mass is 10.2. The molecule has 0 amide bonds. The number of benzene rings is 1. The smallest absolute Gasteiger partial charge is 0.242 e. The van der Waals surface area contributed by atoms with Gasteiger partial charge in [-0.2, -0.15) is 0 Å². The topological polar surface area (TPSA) is 9.23 Å². The minimum Gasteiger partial charge on any atom is -0.542 e. The zero-order valence-electron chi connectivity index (χ0n) is 9.67. The van der Waals surface area contributed by atoms with Crippen molar-refractivity contribution in [2.24, 2.45) is 0 Å². The van der Waals surface area contributed by atoms with Crippen LogP contribution in [0.15, 0.2) is 36.2 Å². The number of hydrogen-bond acceptors (Lipinski definition) is 1. The average Bonchev–Trinajstić information content (AvgIpc) is 2.14. The third kappa shape index (κ3) is 3.87. The Balaban J connectivity index is 3.02. The molecule has 0 saturated heterocycles. The maximum absolute atomic E-state index is 13.4. The largest absolute Gasteiger partial charge is 0.542 e. The van der Waals surface area contributed by atoms with Gasteiger partial charge in [-0.05, 0) is 26.6 Å². The zero-order chi connectivity index (χ0) is 11.5. The molecule has 0 aromatic heterocycles. The van der Waals surface area contributed by atoms with E-state index < -0.39 is 8.32 Å². The number of allylic oxidation sites excluding steroid dienone is 1. The summed E-state index contributed by atoms with van der Waals surface area (Å²) in [6.45, 7) is 7.55. The Labute approximate surface area is 91.7 Å². The number of rotatable bonds is 3. The van der Waals surface area contributed by atoms with E-state index in [4.69, 9.17) is 4.43 Å². The van der Waals surface area contributed by atoms with Gasteiger partial charge < -0.3 is 4.43 Å². The summed E-state index contributed by atoms with van der Waals surface area (Å²) in [4.78, 5) is 0. The Bertz CT molecular complexity index is 348. The van der Waals surface area contributed by atoms with Crippen LogP contribution in [0.2, 0.25) is 19.6 Å². The fourth-order valence-electron chi connectivity index (χ4n) is 1.22. The Kier molecular flexibility index (Phi) is 3.69. The molecule has 0 aliphatic rings. The monoisotopic (exact) mass is 224 g/mol. The quantitative estimate of drug-likeness (QED) is 0.552. The minimum atomic E-state index is -1.76. The predicted octanol–water partition coefficient (Wildman–Crippen LogP) is 4.20. The van der Waals surface area contributed by atoms with E-state index >= 15 is 0 Å². The molecule has 0 aliphatic carbocycles. The van der Waals surface area contributed by atoms with E-state index in [2.05, 4.69) is 0 Å². The van der Waals surface area contributed by atoms with Crippen LogP contribution in [0.5, 0.6) is 0 Å². The third-order valence-corrected chi connectivity index (χ3v) is 2.57. The van der Waals surface area contributed by atoms with Crippen molar-refractivity contribution in [1.29, 1.82) is 0 Å². The molecule has 0 N–H and O–H groups in total. The Morgan fingerprint density at radius 2 is 1.67 bits per heavy atom. The summed E-state index contributed by atoms with van der Waals surface area (Å²) in [7, 11) is -1.76. The van der Waals surface area contributed by atoms with Gasteiger partial charge in [0.1, 0.15) is 11.6 Å². The highest BCUT2D eigenvalue weighted by molar-refractivity contribution is 6.70. The summed E-state index contributed by atoms with van der Waals surface area (Å²) in [6.07, 6.45) is 0. The molecule has 0 bridgehead atoms. The predicted molar refractivity (Wildman–Crippen MR) is 64.6 cm³/mol. The van der Waals surface area contributed by atoms with Gasteiger partial charge in [-0.15, -0.1) is 0 Å². The van der Waals surface area contributed by atoms with E-state index in [0.29, 0.717) is 5.76 Å². The van der Waals surface area contributed by atoms with Gasteiger partial charge in [-0.3, -0.25) is 0 Å². The summed E-state index contributed by atoms with van der Waals surface area (Å²) < 4.78 is 19.1. The van der Waals surface area contributed by atoms with Crippen LogP contribution in [0.25, 0.3) is 5.76 Å². The molecular weight excluding hydrogens is 207 g/mol. The van der Waals surface area contributed by atoms with Crippen LogP contribution in [0.1, 0.15) is 12.5 Å². The summed E-state index contributed by atoms with van der Waals surface area (Å²) in [5, 5.41) is 0. The van der Waals surface area contributed by atoms with Crippen molar-refractivity contribution in [3.63, 3.8) is 0 Å². The maximum Gasteiger partial charge on any atom is 0.242 e. The van der Waals surface area contributed by atoms with Crippen molar-refractivity contribution in [3.8, 4) is 0 Å². The summed E-state index contributed by atoms with van der Waals surface area (Å²) >= 11 is 0. The van der Waals surface area contributed by atoms with Gasteiger partial charge >= 0.3 is 0 Å². The molecule has 0 fully saturated rings. The molecule has 15 heavy (non-hydrogen) atoms. The second-order valence-corrected chi connectivity index (χ2v) is 8.87. The molecule has 1 rings (SSSR count). The number of halogens is 1. The molecular formula is C12H17FOSi. The highest BCUT2D eigenvalue weighted by Gasteiger charge is 2.20. The van der Waals surface area contributed by atoms with Crippen LogP contribution in [-0.2, 0) is 4.43 Å². The average molecular weight is 224 g/mol. The fourth-order valence-corrected chi connectivity index (χ4v) is 2.09. The maximum atomic E-state index is 13.4. The molecule has 0 aliphatic heterocycles. The highest BCUT2D eigenvalue weighted by Crippen LogP contribution is 2.24. The molecule has 0 atom stereocenters. The second kappa shape index (κ2) is 4.62. The SMILES string of the molecule is C/C(F)=C(\O[Si](C)(C)C)c1ccccc1. The molecule has 1 aromatic carbocycles. The highest BCUT2D eigenvalue weighted by atomic mass is 28.4. The number of hydrogen-bond donors (Lipinski definition) is 0. The molecule has 82 valence electrons. The summed E-state index contributed by atoms with van der Waals surface area (Å²) in [5.74, 6) is 0.124. The van der Waals surface area contributed by atoms with Crippen LogP contribution >= 0.6 is 0 Å². The second-order valence-electron chi connectivity index (χ2n) is 4.44. The van der Waals surface area contributed by atoms with Crippen molar-refractivity contribution < 1.29 is 8.82 Å². The van der Waals surface area contributed by atoms with Gasteiger partial charge in [0.05, 0.1) is 0 Å². The van der Waals surface area contributed by atoms with Crippen molar-refractivity contribution >= 4 is 14.1 Å². The summed E-state index contributed by atoms with van der Waals surface area (Å²) in [5.41, 5.74) is 0.805. The van der Waals surface area contributed by atoms with E-state index in [1.165, 1.54) is 6.92 Å². The van der Waals surface area contributed by atoms with E-state index in [9.17, 15) is 4.39 Å². The van der Waals surface area contributed by atoms with Crippen molar-refractivity contribution in [3.05, 3.63) is 41.7 Å². The molecule has 0 saturated carbocycles. The van der Waals surface area contributed by atoms with Crippen LogP contribution in [-0.4, -0.2) is 8.32 Å². The normalized spacial score (nSPS) is 13.4. The first-order chi connectivity index (χ1) is 6.90. The van der Waals surface area contributed by atoms with Crippen LogP contribution in [0, 0.1) is 0 Å². The fraction of sp³-hybridized carbons (Fsp3) is 0.333. The van der Waals surface area contributed by atoms with Gasteiger partial charge in [0.25, 0.3) is 0 Å². The molecule has 0 spiro atoms. The van der Waals surface area contributed by atoms with E-state index in [1.54, 1.807) is 0 Å². The standard InChI is InChI=1S/C12H17FOSi/c1-10(13)12(14-15(2,3)4)11-8-6-5-7-9-11/h5-9H,1-4H3/b12-10+. The van der Waals surface area contributed by atoms with Crippen molar-refractivity contribution in [2.75, 3.05) is 0 Å². The molecule has 3 heteroatoms. The summed E-state index contributed by atoms with van der Waals surface area (Å²) in [6, 6.07) is 9.39. The Morgan fingerprint density at radius 3 is 2.07 bits per heavy atom. The lowest BCUT2D eigenvalue weighted by molar-refractivity contribution is 0.484. The van der Waals surface area contributed by atoms with Crippen molar-refractivity contribution in [2.45, 2.75) is 26.6 Å². The van der Waals surface area contributed by atoms with Crippen LogP contribution < -0.4 is 0 Å². The van der Waals surface area contributed by atoms with Gasteiger partial charge in [-0.1, -0.05) is 30.3 Å². The van der Waals surface area contributed by atoms with Gasteiger partial charge in [0.2, 0.25) is 8.32 Å². The molecule has 1 nitrogen and oxygen atoms in total. The zero-order valence-corrected chi connectivity index (χ0v) is 10.7. The molecule has 0 radical (unpaired) electrons. The lowest BCUT2D eigenvalue weighted by Gasteiger charge is -2.22. The van der Waals surface area contributed by atoms with E-state index in [-0.39, 0.29) is 5.83 Å². The molecule has 0 heterocycles. The minimum absolute atomic E-state index is 0.261. The first-order valence-corrected chi connectivity index (χ1v) is 8.42. The van der Waals surface area contributed by atoms with E-state index in [1.807, 2.05) is 50.0 Å². The van der Waals surface area contributed by atoms with Gasteiger partial charge in [0, 0.05) is 5.56 Å². The molecule has 0 unspecified atom stereocenters. The molecule has 1 aromatic rings. The van der Waals surface area contributed by atoms with E-state index in [0.717, 1.165) is 5.56 Å². The van der Waals surface area contributed by atoms with Crippen molar-refractivity contribution in [1.82, 2.24) is 0 Å².